The Hall–Kier alpha value is -3.61. The van der Waals surface area contributed by atoms with Gasteiger partial charge in [-0.25, -0.2) is 9.59 Å². The Morgan fingerprint density at radius 1 is 0.591 bits per heavy atom. The first-order valence-corrected chi connectivity index (χ1v) is 16.0. The molecule has 0 aliphatic carbocycles. The van der Waals surface area contributed by atoms with Gasteiger partial charge in [0.2, 0.25) is 0 Å². The molecule has 44 heavy (non-hydrogen) atoms. The number of carbonyl (C=O) groups is 2. The number of hydrogen-bond donors (Lipinski definition) is 1. The number of esters is 1. The van der Waals surface area contributed by atoms with Gasteiger partial charge < -0.3 is 9.84 Å². The zero-order valence-corrected chi connectivity index (χ0v) is 26.1. The van der Waals surface area contributed by atoms with Crippen LogP contribution < -0.4 is 0 Å². The van der Waals surface area contributed by atoms with Crippen LogP contribution in [0.25, 0.3) is 11.1 Å². The molecular formula is C37H47F3O4. The van der Waals surface area contributed by atoms with Crippen LogP contribution in [0.5, 0.6) is 0 Å². The van der Waals surface area contributed by atoms with E-state index in [4.69, 9.17) is 5.11 Å². The number of alkyl halides is 3. The standard InChI is InChI=1S/C28H42.C9H5F3O4/c1-3-5-7-9-11-13-19-25-21-15-17-23-27(25)28-24-18-16-22-26(28)20-14-12-10-8-6-4-2;10-9(11,12)16-8(15)6-4-2-1-3-5(6)7(13)14/h15-18,21-24H,3-14,19-20H2,1-2H3;1-4H,(H,13,14). The molecular weight excluding hydrogens is 565 g/mol. The van der Waals surface area contributed by atoms with E-state index < -0.39 is 29.4 Å². The van der Waals surface area contributed by atoms with Crippen molar-refractivity contribution in [3.63, 3.8) is 0 Å². The van der Waals surface area contributed by atoms with Gasteiger partial charge >= 0.3 is 18.3 Å². The number of rotatable bonds is 17. The summed E-state index contributed by atoms with van der Waals surface area (Å²) in [6.45, 7) is 4.58. The molecule has 0 bridgehead atoms. The van der Waals surface area contributed by atoms with Crippen LogP contribution in [0.1, 0.15) is 123 Å². The Bertz CT molecular complexity index is 1210. The van der Waals surface area contributed by atoms with E-state index in [9.17, 15) is 22.8 Å². The summed E-state index contributed by atoms with van der Waals surface area (Å²) in [5.74, 6) is -3.25. The predicted molar refractivity (Wildman–Crippen MR) is 171 cm³/mol. The second kappa shape index (κ2) is 20.4. The van der Waals surface area contributed by atoms with E-state index in [1.807, 2.05) is 0 Å². The Kier molecular flexibility index (Phi) is 16.9. The molecule has 0 amide bonds. The summed E-state index contributed by atoms with van der Waals surface area (Å²) >= 11 is 0. The van der Waals surface area contributed by atoms with Gasteiger partial charge in [-0.15, -0.1) is 13.2 Å². The van der Waals surface area contributed by atoms with E-state index in [-0.39, 0.29) is 0 Å². The first kappa shape index (κ1) is 36.6. The maximum atomic E-state index is 11.7. The van der Waals surface area contributed by atoms with Crippen LogP contribution in [0.4, 0.5) is 13.2 Å². The summed E-state index contributed by atoms with van der Waals surface area (Å²) in [5, 5.41) is 8.62. The number of ether oxygens (including phenoxy) is 1. The van der Waals surface area contributed by atoms with Crippen molar-refractivity contribution >= 4 is 11.9 Å². The largest absolute Gasteiger partial charge is 0.575 e. The molecule has 0 aliphatic rings. The van der Waals surface area contributed by atoms with Gasteiger partial charge in [0.1, 0.15) is 0 Å². The average Bonchev–Trinajstić information content (AvgIpc) is 3.00. The van der Waals surface area contributed by atoms with E-state index in [1.165, 1.54) is 124 Å². The van der Waals surface area contributed by atoms with Crippen LogP contribution in [-0.4, -0.2) is 23.4 Å². The summed E-state index contributed by atoms with van der Waals surface area (Å²) in [4.78, 5) is 21.6. The van der Waals surface area contributed by atoms with Gasteiger partial charge in [0, 0.05) is 0 Å². The highest BCUT2D eigenvalue weighted by Crippen LogP contribution is 2.30. The van der Waals surface area contributed by atoms with Crippen molar-refractivity contribution in [3.05, 3.63) is 95.1 Å². The smallest absolute Gasteiger partial charge is 0.478 e. The van der Waals surface area contributed by atoms with Gasteiger partial charge in [0.25, 0.3) is 0 Å². The van der Waals surface area contributed by atoms with Gasteiger partial charge in [0.15, 0.2) is 0 Å². The highest BCUT2D eigenvalue weighted by molar-refractivity contribution is 6.02. The fourth-order valence-electron chi connectivity index (χ4n) is 5.20. The number of halogens is 3. The lowest BCUT2D eigenvalue weighted by molar-refractivity contribution is -0.291. The molecule has 0 aliphatic heterocycles. The second-order valence-corrected chi connectivity index (χ2v) is 11.0. The lowest BCUT2D eigenvalue weighted by Crippen LogP contribution is -2.21. The average molecular weight is 613 g/mol. The molecule has 4 nitrogen and oxygen atoms in total. The Balaban J connectivity index is 0.000000358. The summed E-state index contributed by atoms with van der Waals surface area (Å²) in [7, 11) is 0. The zero-order chi connectivity index (χ0) is 32.2. The summed E-state index contributed by atoms with van der Waals surface area (Å²) < 4.78 is 38.3. The van der Waals surface area contributed by atoms with Gasteiger partial charge in [-0.3, -0.25) is 0 Å². The minimum absolute atomic E-state index is 0.545. The van der Waals surface area contributed by atoms with Crippen molar-refractivity contribution < 1.29 is 32.6 Å². The van der Waals surface area contributed by atoms with Crippen LogP contribution >= 0.6 is 0 Å². The third kappa shape index (κ3) is 13.8. The van der Waals surface area contributed by atoms with Crippen molar-refractivity contribution in [1.82, 2.24) is 0 Å². The summed E-state index contributed by atoms with van der Waals surface area (Å²) in [6, 6.07) is 22.7. The minimum Gasteiger partial charge on any atom is -0.478 e. The Labute approximate surface area is 260 Å². The highest BCUT2D eigenvalue weighted by Gasteiger charge is 2.35. The molecule has 0 radical (unpaired) electrons. The maximum Gasteiger partial charge on any atom is 0.575 e. The molecule has 0 aromatic heterocycles. The van der Waals surface area contributed by atoms with E-state index in [0.717, 1.165) is 12.1 Å². The van der Waals surface area contributed by atoms with Crippen molar-refractivity contribution in [2.75, 3.05) is 0 Å². The number of carbonyl (C=O) groups excluding carboxylic acids is 1. The number of hydrogen-bond acceptors (Lipinski definition) is 3. The first-order chi connectivity index (χ1) is 21.2. The number of carboxylic acids is 1. The molecule has 3 rings (SSSR count). The van der Waals surface area contributed by atoms with E-state index in [2.05, 4.69) is 67.1 Å². The molecule has 0 fully saturated rings. The third-order valence-corrected chi connectivity index (χ3v) is 7.51. The molecule has 0 saturated heterocycles. The van der Waals surface area contributed by atoms with Crippen LogP contribution in [-0.2, 0) is 17.6 Å². The van der Waals surface area contributed by atoms with Gasteiger partial charge in [-0.05, 0) is 60.1 Å². The zero-order valence-electron chi connectivity index (χ0n) is 26.1. The minimum atomic E-state index is -5.14. The quantitative estimate of drug-likeness (QED) is 0.122. The fourth-order valence-corrected chi connectivity index (χ4v) is 5.20. The fraction of sp³-hybridized carbons (Fsp3) is 0.459. The monoisotopic (exact) mass is 612 g/mol. The van der Waals surface area contributed by atoms with E-state index in [1.54, 1.807) is 0 Å². The molecule has 1 N–H and O–H groups in total. The third-order valence-electron chi connectivity index (χ3n) is 7.51. The lowest BCUT2D eigenvalue weighted by Gasteiger charge is -2.14. The second-order valence-electron chi connectivity index (χ2n) is 11.0. The van der Waals surface area contributed by atoms with Gasteiger partial charge in [-0.1, -0.05) is 139 Å². The number of aromatic carboxylic acids is 1. The molecule has 3 aromatic carbocycles. The number of aryl methyl sites for hydroxylation is 2. The van der Waals surface area contributed by atoms with Crippen LogP contribution in [0.2, 0.25) is 0 Å². The molecule has 0 unspecified atom stereocenters. The normalized spacial score (nSPS) is 11.0. The SMILES string of the molecule is CCCCCCCCc1ccccc1-c1ccccc1CCCCCCCC.O=C(O)c1ccccc1C(=O)OC(F)(F)F. The van der Waals surface area contributed by atoms with Crippen molar-refractivity contribution in [3.8, 4) is 11.1 Å². The number of carboxylic acid groups (broad SMARTS) is 1. The van der Waals surface area contributed by atoms with Gasteiger partial charge in [0.05, 0.1) is 11.1 Å². The highest BCUT2D eigenvalue weighted by atomic mass is 19.4. The molecule has 0 spiro atoms. The first-order valence-electron chi connectivity index (χ1n) is 16.0. The molecule has 240 valence electrons. The maximum absolute atomic E-state index is 11.7. The molecule has 0 heterocycles. The lowest BCUT2D eigenvalue weighted by atomic mass is 9.91. The molecule has 3 aromatic rings. The molecule has 0 saturated carbocycles. The molecule has 7 heteroatoms. The van der Waals surface area contributed by atoms with Crippen LogP contribution in [0, 0.1) is 0 Å². The Morgan fingerprint density at radius 2 is 0.977 bits per heavy atom. The summed E-state index contributed by atoms with van der Waals surface area (Å²) in [5.41, 5.74) is 4.82. The summed E-state index contributed by atoms with van der Waals surface area (Å²) in [6.07, 6.45) is 13.7. The molecule has 0 atom stereocenters. The van der Waals surface area contributed by atoms with Crippen molar-refractivity contribution in [2.45, 2.75) is 110 Å². The Morgan fingerprint density at radius 3 is 1.41 bits per heavy atom. The van der Waals surface area contributed by atoms with Crippen LogP contribution in [0.3, 0.4) is 0 Å². The topological polar surface area (TPSA) is 63.6 Å². The van der Waals surface area contributed by atoms with Crippen molar-refractivity contribution in [2.24, 2.45) is 0 Å². The number of unbranched alkanes of at least 4 members (excludes halogenated alkanes) is 10. The predicted octanol–water partition coefficient (Wildman–Crippen LogP) is 11.2. The van der Waals surface area contributed by atoms with E-state index in [0.29, 0.717) is 0 Å². The van der Waals surface area contributed by atoms with Crippen LogP contribution in [0.15, 0.2) is 72.8 Å². The number of benzene rings is 3. The van der Waals surface area contributed by atoms with Gasteiger partial charge in [-0.2, -0.15) is 0 Å². The van der Waals surface area contributed by atoms with E-state index >= 15 is 0 Å². The van der Waals surface area contributed by atoms with Crippen molar-refractivity contribution in [1.29, 1.82) is 0 Å².